The number of carbonyl (C=O) groups is 1. The first kappa shape index (κ1) is 19.1. The third-order valence-corrected chi connectivity index (χ3v) is 5.25. The fourth-order valence-corrected chi connectivity index (χ4v) is 3.60. The van der Waals surface area contributed by atoms with Gasteiger partial charge in [-0.2, -0.15) is 5.10 Å². The lowest BCUT2D eigenvalue weighted by Crippen LogP contribution is -2.49. The molecule has 1 aliphatic rings. The number of para-hydroxylation sites is 1. The highest BCUT2D eigenvalue weighted by molar-refractivity contribution is 5.81. The van der Waals surface area contributed by atoms with Crippen molar-refractivity contribution in [1.29, 1.82) is 0 Å². The fourth-order valence-electron chi connectivity index (χ4n) is 3.60. The molecule has 4 rings (SSSR count). The summed E-state index contributed by atoms with van der Waals surface area (Å²) in [6.07, 6.45) is 5.58. The van der Waals surface area contributed by atoms with Crippen molar-refractivity contribution in [3.63, 3.8) is 0 Å². The van der Waals surface area contributed by atoms with Crippen LogP contribution in [0.4, 0.5) is 0 Å². The molecule has 3 aromatic rings. The van der Waals surface area contributed by atoms with Crippen LogP contribution in [0, 0.1) is 0 Å². The average molecular weight is 388 g/mol. The average Bonchev–Trinajstić information content (AvgIpc) is 2.77. The monoisotopic (exact) mass is 388 g/mol. The van der Waals surface area contributed by atoms with E-state index in [1.165, 1.54) is 11.8 Å². The number of benzene rings is 2. The Morgan fingerprint density at radius 1 is 0.966 bits per heavy atom. The van der Waals surface area contributed by atoms with E-state index in [0.29, 0.717) is 24.0 Å². The van der Waals surface area contributed by atoms with Crippen molar-refractivity contribution < 1.29 is 4.79 Å². The SMILES string of the molecule is O=C(Cn1ncc(=O)c2ccccc21)N1CCN(C/C=C/c2ccccc2)CC1. The molecular formula is C23H24N4O2. The number of carbonyl (C=O) groups excluding carboxylic acids is 1. The third kappa shape index (κ3) is 4.60. The molecule has 0 N–H and O–H groups in total. The van der Waals surface area contributed by atoms with Gasteiger partial charge in [0.2, 0.25) is 11.3 Å². The van der Waals surface area contributed by atoms with Gasteiger partial charge in [-0.3, -0.25) is 19.2 Å². The summed E-state index contributed by atoms with van der Waals surface area (Å²) in [5.41, 5.74) is 1.77. The summed E-state index contributed by atoms with van der Waals surface area (Å²) >= 11 is 0. The van der Waals surface area contributed by atoms with Crippen molar-refractivity contribution in [3.05, 3.63) is 82.7 Å². The van der Waals surface area contributed by atoms with Crippen LogP contribution < -0.4 is 5.43 Å². The second kappa shape index (κ2) is 8.84. The number of amides is 1. The second-order valence-corrected chi connectivity index (χ2v) is 7.18. The standard InChI is InChI=1S/C23H24N4O2/c28-22-17-24-27(21-11-5-4-10-20(21)22)18-23(29)26-15-13-25(14-16-26)12-6-9-19-7-2-1-3-8-19/h1-11,17H,12-16,18H2/b9-6+. The largest absolute Gasteiger partial charge is 0.339 e. The van der Waals surface area contributed by atoms with Gasteiger partial charge in [0.05, 0.1) is 11.7 Å². The maximum Gasteiger partial charge on any atom is 0.244 e. The molecule has 29 heavy (non-hydrogen) atoms. The van der Waals surface area contributed by atoms with Gasteiger partial charge in [0.25, 0.3) is 0 Å². The molecule has 6 heteroatoms. The Hall–Kier alpha value is -3.25. The van der Waals surface area contributed by atoms with E-state index >= 15 is 0 Å². The van der Waals surface area contributed by atoms with E-state index in [4.69, 9.17) is 0 Å². The molecule has 1 aromatic heterocycles. The zero-order valence-corrected chi connectivity index (χ0v) is 16.3. The summed E-state index contributed by atoms with van der Waals surface area (Å²) in [5.74, 6) is 0.0331. The van der Waals surface area contributed by atoms with Gasteiger partial charge < -0.3 is 4.90 Å². The minimum atomic E-state index is -0.124. The highest BCUT2D eigenvalue weighted by Crippen LogP contribution is 2.10. The predicted octanol–water partition coefficient (Wildman–Crippen LogP) is 2.25. The lowest BCUT2D eigenvalue weighted by Gasteiger charge is -2.34. The Kier molecular flexibility index (Phi) is 5.81. The van der Waals surface area contributed by atoms with Crippen molar-refractivity contribution in [2.45, 2.75) is 6.54 Å². The van der Waals surface area contributed by atoms with Crippen LogP contribution in [0.5, 0.6) is 0 Å². The van der Waals surface area contributed by atoms with Gasteiger partial charge in [-0.25, -0.2) is 0 Å². The van der Waals surface area contributed by atoms with Crippen LogP contribution >= 0.6 is 0 Å². The fraction of sp³-hybridized carbons (Fsp3) is 0.261. The number of fused-ring (bicyclic) bond motifs is 1. The molecule has 0 atom stereocenters. The highest BCUT2D eigenvalue weighted by atomic mass is 16.2. The van der Waals surface area contributed by atoms with Crippen LogP contribution in [-0.2, 0) is 11.3 Å². The lowest BCUT2D eigenvalue weighted by atomic mass is 10.2. The Labute approximate surface area is 169 Å². The third-order valence-electron chi connectivity index (χ3n) is 5.25. The molecule has 0 unspecified atom stereocenters. The topological polar surface area (TPSA) is 58.4 Å². The molecule has 2 aromatic carbocycles. The van der Waals surface area contributed by atoms with E-state index in [9.17, 15) is 9.59 Å². The molecule has 2 heterocycles. The Balaban J connectivity index is 1.32. The summed E-state index contributed by atoms with van der Waals surface area (Å²) in [4.78, 5) is 28.9. The molecule has 0 aliphatic carbocycles. The van der Waals surface area contributed by atoms with Crippen molar-refractivity contribution in [2.75, 3.05) is 32.7 Å². The number of piperazine rings is 1. The first-order valence-electron chi connectivity index (χ1n) is 9.87. The van der Waals surface area contributed by atoms with Gasteiger partial charge in [-0.1, -0.05) is 54.6 Å². The molecule has 1 saturated heterocycles. The summed E-state index contributed by atoms with van der Waals surface area (Å²) in [6, 6.07) is 17.5. The molecule has 0 spiro atoms. The van der Waals surface area contributed by atoms with Crippen LogP contribution in [-0.4, -0.2) is 58.2 Å². The molecule has 0 saturated carbocycles. The van der Waals surface area contributed by atoms with E-state index < -0.39 is 0 Å². The van der Waals surface area contributed by atoms with Crippen molar-refractivity contribution in [2.24, 2.45) is 0 Å². The number of nitrogens with zero attached hydrogens (tertiary/aromatic N) is 4. The molecular weight excluding hydrogens is 364 g/mol. The minimum Gasteiger partial charge on any atom is -0.339 e. The predicted molar refractivity (Wildman–Crippen MR) is 114 cm³/mol. The van der Waals surface area contributed by atoms with Gasteiger partial charge in [-0.05, 0) is 17.7 Å². The quantitative estimate of drug-likeness (QED) is 0.673. The van der Waals surface area contributed by atoms with E-state index in [-0.39, 0.29) is 17.9 Å². The number of rotatable bonds is 5. The van der Waals surface area contributed by atoms with Crippen molar-refractivity contribution >= 4 is 22.9 Å². The minimum absolute atomic E-state index is 0.0331. The first-order valence-corrected chi connectivity index (χ1v) is 9.87. The Morgan fingerprint density at radius 3 is 2.48 bits per heavy atom. The normalized spacial score (nSPS) is 15.2. The van der Waals surface area contributed by atoms with Gasteiger partial charge in [0.15, 0.2) is 0 Å². The van der Waals surface area contributed by atoms with Crippen LogP contribution in [0.15, 0.2) is 71.7 Å². The van der Waals surface area contributed by atoms with Crippen LogP contribution in [0.2, 0.25) is 0 Å². The van der Waals surface area contributed by atoms with Gasteiger partial charge in [0.1, 0.15) is 6.54 Å². The van der Waals surface area contributed by atoms with E-state index in [1.807, 2.05) is 41.3 Å². The smallest absolute Gasteiger partial charge is 0.244 e. The molecule has 1 fully saturated rings. The molecule has 0 radical (unpaired) electrons. The van der Waals surface area contributed by atoms with Crippen LogP contribution in [0.25, 0.3) is 17.0 Å². The second-order valence-electron chi connectivity index (χ2n) is 7.18. The van der Waals surface area contributed by atoms with Crippen molar-refractivity contribution in [3.8, 4) is 0 Å². The zero-order chi connectivity index (χ0) is 20.1. The summed E-state index contributed by atoms with van der Waals surface area (Å²) in [7, 11) is 0. The number of aromatic nitrogens is 2. The maximum absolute atomic E-state index is 12.8. The maximum atomic E-state index is 12.8. The Morgan fingerprint density at radius 2 is 1.69 bits per heavy atom. The van der Waals surface area contributed by atoms with E-state index in [2.05, 4.69) is 34.3 Å². The summed E-state index contributed by atoms with van der Waals surface area (Å²) in [5, 5.41) is 4.75. The van der Waals surface area contributed by atoms with Crippen molar-refractivity contribution in [1.82, 2.24) is 19.6 Å². The number of hydrogen-bond acceptors (Lipinski definition) is 4. The highest BCUT2D eigenvalue weighted by Gasteiger charge is 2.21. The molecule has 1 aliphatic heterocycles. The first-order chi connectivity index (χ1) is 14.2. The zero-order valence-electron chi connectivity index (χ0n) is 16.3. The Bertz CT molecular complexity index is 1070. The van der Waals surface area contributed by atoms with E-state index in [0.717, 1.165) is 19.6 Å². The molecule has 148 valence electrons. The van der Waals surface area contributed by atoms with E-state index in [1.54, 1.807) is 10.7 Å². The lowest BCUT2D eigenvalue weighted by molar-refractivity contribution is -0.133. The summed E-state index contributed by atoms with van der Waals surface area (Å²) < 4.78 is 1.62. The van der Waals surface area contributed by atoms with Gasteiger partial charge in [0, 0.05) is 38.1 Å². The molecule has 1 amide bonds. The molecule has 6 nitrogen and oxygen atoms in total. The summed E-state index contributed by atoms with van der Waals surface area (Å²) in [6.45, 7) is 4.14. The molecule has 0 bridgehead atoms. The van der Waals surface area contributed by atoms with Gasteiger partial charge in [-0.15, -0.1) is 0 Å². The van der Waals surface area contributed by atoms with Gasteiger partial charge >= 0.3 is 0 Å². The number of hydrogen-bond donors (Lipinski definition) is 0. The van der Waals surface area contributed by atoms with Crippen LogP contribution in [0.1, 0.15) is 5.56 Å². The van der Waals surface area contributed by atoms with Crippen LogP contribution in [0.3, 0.4) is 0 Å².